The Labute approximate surface area is 169 Å². The lowest BCUT2D eigenvalue weighted by atomic mass is 10.1. The molecule has 0 amide bonds. The molecule has 1 aliphatic rings. The number of guanidine groups is 1. The van der Waals surface area contributed by atoms with Gasteiger partial charge in [-0.15, -0.1) is 0 Å². The minimum absolute atomic E-state index is 0.0609. The number of nitro groups is 1. The number of halogens is 1. The van der Waals surface area contributed by atoms with E-state index in [0.717, 1.165) is 43.3 Å². The fraction of sp³-hybridized carbons (Fsp3) is 0.381. The van der Waals surface area contributed by atoms with Gasteiger partial charge in [0.2, 0.25) is 0 Å². The molecule has 1 atom stereocenters. The van der Waals surface area contributed by atoms with Gasteiger partial charge in [0.05, 0.1) is 18.1 Å². The topological polar surface area (TPSA) is 80.0 Å². The van der Waals surface area contributed by atoms with Gasteiger partial charge in [0.1, 0.15) is 5.82 Å². The number of ether oxygens (including phenoxy) is 1. The molecule has 0 spiro atoms. The van der Waals surface area contributed by atoms with Crippen molar-refractivity contribution in [3.63, 3.8) is 0 Å². The molecule has 0 bridgehead atoms. The van der Waals surface area contributed by atoms with Crippen molar-refractivity contribution in [2.75, 3.05) is 26.8 Å². The van der Waals surface area contributed by atoms with Crippen LogP contribution in [0.15, 0.2) is 53.5 Å². The molecule has 0 aromatic heterocycles. The van der Waals surface area contributed by atoms with Crippen LogP contribution in [0, 0.1) is 21.8 Å². The largest absolute Gasteiger partial charge is 0.381 e. The second-order valence-corrected chi connectivity index (χ2v) is 7.16. The summed E-state index contributed by atoms with van der Waals surface area (Å²) in [5.41, 5.74) is 1.92. The lowest BCUT2D eigenvalue weighted by Gasteiger charge is -2.24. The van der Waals surface area contributed by atoms with Crippen LogP contribution in [0.1, 0.15) is 17.5 Å². The summed E-state index contributed by atoms with van der Waals surface area (Å²) in [6.07, 6.45) is 1.02. The molecule has 1 aliphatic heterocycles. The number of hydrogen-bond donors (Lipinski definition) is 1. The molecule has 154 valence electrons. The first-order valence-corrected chi connectivity index (χ1v) is 9.56. The molecule has 29 heavy (non-hydrogen) atoms. The van der Waals surface area contributed by atoms with Crippen LogP contribution in [-0.2, 0) is 17.8 Å². The highest BCUT2D eigenvalue weighted by molar-refractivity contribution is 5.79. The first-order chi connectivity index (χ1) is 14.0. The van der Waals surface area contributed by atoms with Gasteiger partial charge in [-0.05, 0) is 29.7 Å². The molecule has 0 radical (unpaired) electrons. The van der Waals surface area contributed by atoms with Crippen LogP contribution in [0.4, 0.5) is 10.1 Å². The summed E-state index contributed by atoms with van der Waals surface area (Å²) in [4.78, 5) is 17.1. The van der Waals surface area contributed by atoms with Crippen LogP contribution >= 0.6 is 0 Å². The van der Waals surface area contributed by atoms with Crippen LogP contribution in [-0.4, -0.2) is 42.6 Å². The Morgan fingerprint density at radius 2 is 1.93 bits per heavy atom. The number of nitro benzene ring substituents is 1. The average Bonchev–Trinajstić information content (AvgIpc) is 3.23. The number of benzene rings is 2. The van der Waals surface area contributed by atoms with Crippen molar-refractivity contribution in [2.24, 2.45) is 10.9 Å². The molecule has 0 aliphatic carbocycles. The molecule has 2 aromatic rings. The predicted molar refractivity (Wildman–Crippen MR) is 109 cm³/mol. The second-order valence-electron chi connectivity index (χ2n) is 7.16. The van der Waals surface area contributed by atoms with E-state index in [9.17, 15) is 14.5 Å². The van der Waals surface area contributed by atoms with Crippen molar-refractivity contribution in [3.8, 4) is 0 Å². The third-order valence-corrected chi connectivity index (χ3v) is 4.83. The summed E-state index contributed by atoms with van der Waals surface area (Å²) in [7, 11) is 1.93. The van der Waals surface area contributed by atoms with Gasteiger partial charge in [0, 0.05) is 44.8 Å². The highest BCUT2D eigenvalue weighted by Crippen LogP contribution is 2.14. The van der Waals surface area contributed by atoms with Crippen molar-refractivity contribution in [1.29, 1.82) is 0 Å². The van der Waals surface area contributed by atoms with Crippen LogP contribution in [0.5, 0.6) is 0 Å². The van der Waals surface area contributed by atoms with Crippen molar-refractivity contribution in [3.05, 3.63) is 75.6 Å². The number of hydrogen-bond acceptors (Lipinski definition) is 4. The molecule has 8 heteroatoms. The van der Waals surface area contributed by atoms with Crippen LogP contribution in [0.25, 0.3) is 0 Å². The van der Waals surface area contributed by atoms with E-state index < -0.39 is 4.92 Å². The van der Waals surface area contributed by atoms with Gasteiger partial charge >= 0.3 is 0 Å². The Hall–Kier alpha value is -3.00. The van der Waals surface area contributed by atoms with E-state index in [-0.39, 0.29) is 11.5 Å². The van der Waals surface area contributed by atoms with E-state index in [2.05, 4.69) is 10.3 Å². The molecular formula is C21H25FN4O3. The molecule has 0 saturated carbocycles. The highest BCUT2D eigenvalue weighted by atomic mass is 19.1. The standard InChI is InChI=1S/C21H25FN4O3/c1-25(14-17-2-6-19(22)7-3-17)21(24-13-18-10-11-29-15-18)23-12-16-4-8-20(9-5-16)26(27)28/h2-9,18H,10-15H2,1H3,(H,23,24). The summed E-state index contributed by atoms with van der Waals surface area (Å²) in [5, 5.41) is 14.2. The summed E-state index contributed by atoms with van der Waals surface area (Å²) in [6, 6.07) is 12.8. The molecule has 1 heterocycles. The molecule has 1 unspecified atom stereocenters. The van der Waals surface area contributed by atoms with Crippen molar-refractivity contribution < 1.29 is 14.1 Å². The number of aliphatic imine (C=N–C) groups is 1. The smallest absolute Gasteiger partial charge is 0.269 e. The molecule has 2 aromatic carbocycles. The Balaban J connectivity index is 1.68. The first kappa shape index (κ1) is 20.7. The molecule has 3 rings (SSSR count). The van der Waals surface area contributed by atoms with E-state index in [4.69, 9.17) is 4.74 Å². The van der Waals surface area contributed by atoms with Crippen LogP contribution < -0.4 is 5.32 Å². The fourth-order valence-corrected chi connectivity index (χ4v) is 3.12. The molecule has 1 N–H and O–H groups in total. The van der Waals surface area contributed by atoms with Crippen molar-refractivity contribution in [1.82, 2.24) is 10.2 Å². The number of non-ortho nitro benzene ring substituents is 1. The van der Waals surface area contributed by atoms with Gasteiger partial charge in [0.25, 0.3) is 5.69 Å². The Morgan fingerprint density at radius 1 is 1.24 bits per heavy atom. The van der Waals surface area contributed by atoms with Gasteiger partial charge in [-0.25, -0.2) is 9.38 Å². The Morgan fingerprint density at radius 3 is 2.55 bits per heavy atom. The van der Waals surface area contributed by atoms with E-state index in [1.807, 2.05) is 11.9 Å². The zero-order valence-corrected chi connectivity index (χ0v) is 16.4. The van der Waals surface area contributed by atoms with E-state index >= 15 is 0 Å². The van der Waals surface area contributed by atoms with Gasteiger partial charge in [-0.1, -0.05) is 24.3 Å². The monoisotopic (exact) mass is 400 g/mol. The summed E-state index contributed by atoms with van der Waals surface area (Å²) >= 11 is 0. The minimum atomic E-state index is -0.416. The molecule has 1 saturated heterocycles. The summed E-state index contributed by atoms with van der Waals surface area (Å²) in [5.74, 6) is 0.904. The highest BCUT2D eigenvalue weighted by Gasteiger charge is 2.17. The van der Waals surface area contributed by atoms with E-state index in [1.165, 1.54) is 24.3 Å². The van der Waals surface area contributed by atoms with Gasteiger partial charge < -0.3 is 15.0 Å². The predicted octanol–water partition coefficient (Wildman–Crippen LogP) is 3.35. The maximum atomic E-state index is 13.2. The number of nitrogens with one attached hydrogen (secondary N) is 1. The van der Waals surface area contributed by atoms with Gasteiger partial charge in [0.15, 0.2) is 5.96 Å². The number of nitrogens with zero attached hydrogens (tertiary/aromatic N) is 3. The SMILES string of the molecule is CN(Cc1ccc(F)cc1)C(=NCc1ccc([N+](=O)[O-])cc1)NCC1CCOC1. The average molecular weight is 400 g/mol. The minimum Gasteiger partial charge on any atom is -0.381 e. The third kappa shape index (κ3) is 6.25. The van der Waals surface area contributed by atoms with Crippen molar-refractivity contribution in [2.45, 2.75) is 19.5 Å². The third-order valence-electron chi connectivity index (χ3n) is 4.83. The second kappa shape index (κ2) is 9.97. The Kier molecular flexibility index (Phi) is 7.13. The first-order valence-electron chi connectivity index (χ1n) is 9.56. The van der Waals surface area contributed by atoms with Gasteiger partial charge in [-0.2, -0.15) is 0 Å². The maximum absolute atomic E-state index is 13.2. The molecule has 7 nitrogen and oxygen atoms in total. The lowest BCUT2D eigenvalue weighted by Crippen LogP contribution is -2.41. The Bertz CT molecular complexity index is 834. The maximum Gasteiger partial charge on any atom is 0.269 e. The molecular weight excluding hydrogens is 375 g/mol. The zero-order valence-electron chi connectivity index (χ0n) is 16.4. The fourth-order valence-electron chi connectivity index (χ4n) is 3.12. The zero-order chi connectivity index (χ0) is 20.6. The van der Waals surface area contributed by atoms with E-state index in [0.29, 0.717) is 19.0 Å². The lowest BCUT2D eigenvalue weighted by molar-refractivity contribution is -0.384. The van der Waals surface area contributed by atoms with Crippen LogP contribution in [0.2, 0.25) is 0 Å². The summed E-state index contributed by atoms with van der Waals surface area (Å²) < 4.78 is 18.6. The number of rotatable bonds is 7. The summed E-state index contributed by atoms with van der Waals surface area (Å²) in [6.45, 7) is 3.26. The van der Waals surface area contributed by atoms with E-state index in [1.54, 1.807) is 24.3 Å². The normalized spacial score (nSPS) is 16.6. The quantitative estimate of drug-likeness (QED) is 0.334. The van der Waals surface area contributed by atoms with Crippen LogP contribution in [0.3, 0.4) is 0 Å². The van der Waals surface area contributed by atoms with Crippen molar-refractivity contribution >= 4 is 11.6 Å². The van der Waals surface area contributed by atoms with Gasteiger partial charge in [-0.3, -0.25) is 10.1 Å². The molecule has 1 fully saturated rings.